The van der Waals surface area contributed by atoms with Crippen molar-refractivity contribution >= 4 is 23.5 Å². The molecule has 0 spiro atoms. The van der Waals surface area contributed by atoms with Crippen LogP contribution in [0.4, 0.5) is 5.69 Å². The van der Waals surface area contributed by atoms with Gasteiger partial charge in [-0.1, -0.05) is 12.2 Å². The molecule has 0 radical (unpaired) electrons. The number of aliphatic carboxylic acids is 1. The van der Waals surface area contributed by atoms with Crippen molar-refractivity contribution in [1.82, 2.24) is 0 Å². The van der Waals surface area contributed by atoms with Crippen LogP contribution in [0.3, 0.4) is 0 Å². The summed E-state index contributed by atoms with van der Waals surface area (Å²) in [7, 11) is 1.29. The van der Waals surface area contributed by atoms with E-state index in [1.165, 1.54) is 19.2 Å². The molecule has 0 aromatic heterocycles. The van der Waals surface area contributed by atoms with E-state index in [9.17, 15) is 19.5 Å². The number of carboxylic acids is 1. The number of carbonyl (C=O) groups excluding carboxylic acids is 2. The number of methoxy groups -OCH3 is 1. The summed E-state index contributed by atoms with van der Waals surface area (Å²) in [4.78, 5) is 34.8. The Morgan fingerprint density at radius 2 is 1.68 bits per heavy atom. The Bertz CT molecular complexity index is 605. The highest BCUT2D eigenvalue weighted by atomic mass is 16.5. The average Bonchev–Trinajstić information content (AvgIpc) is 2.54. The Hall–Kier alpha value is -2.63. The predicted octanol–water partition coefficient (Wildman–Crippen LogP) is 2.08. The summed E-state index contributed by atoms with van der Waals surface area (Å²) in [6.45, 7) is 0. The van der Waals surface area contributed by atoms with Gasteiger partial charge in [0.1, 0.15) is 0 Å². The Labute approximate surface area is 127 Å². The number of benzene rings is 1. The Morgan fingerprint density at radius 1 is 1.09 bits per heavy atom. The third-order valence-corrected chi connectivity index (χ3v) is 3.66. The van der Waals surface area contributed by atoms with Gasteiger partial charge in [0.15, 0.2) is 0 Å². The highest BCUT2D eigenvalue weighted by molar-refractivity contribution is 5.96. The zero-order valence-corrected chi connectivity index (χ0v) is 12.1. The lowest BCUT2D eigenvalue weighted by atomic mass is 9.82. The highest BCUT2D eigenvalue weighted by Gasteiger charge is 2.33. The van der Waals surface area contributed by atoms with Gasteiger partial charge in [0, 0.05) is 5.69 Å². The number of hydrogen-bond donors (Lipinski definition) is 2. The molecule has 1 aliphatic carbocycles. The summed E-state index contributed by atoms with van der Waals surface area (Å²) in [5, 5.41) is 11.9. The minimum absolute atomic E-state index is 0.331. The standard InChI is InChI=1S/C16H17NO5/c1-22-16(21)10-6-8-11(9-7-10)17-14(18)12-4-2-3-5-13(12)15(19)20/h2-3,6-9,12-13H,4-5H2,1H3,(H,17,18)(H,19,20). The number of amides is 1. The van der Waals surface area contributed by atoms with E-state index in [2.05, 4.69) is 10.1 Å². The Kier molecular flexibility index (Phi) is 4.93. The normalized spacial score (nSPS) is 20.2. The first kappa shape index (κ1) is 15.8. The van der Waals surface area contributed by atoms with Gasteiger partial charge >= 0.3 is 11.9 Å². The molecule has 2 N–H and O–H groups in total. The lowest BCUT2D eigenvalue weighted by Crippen LogP contribution is -2.34. The summed E-state index contributed by atoms with van der Waals surface area (Å²) in [6, 6.07) is 6.24. The van der Waals surface area contributed by atoms with E-state index in [1.807, 2.05) is 6.08 Å². The van der Waals surface area contributed by atoms with Gasteiger partial charge in [-0.05, 0) is 37.1 Å². The average molecular weight is 303 g/mol. The van der Waals surface area contributed by atoms with Crippen molar-refractivity contribution in [3.05, 3.63) is 42.0 Å². The van der Waals surface area contributed by atoms with Crippen LogP contribution in [-0.2, 0) is 14.3 Å². The molecule has 1 aliphatic rings. The van der Waals surface area contributed by atoms with E-state index in [1.54, 1.807) is 18.2 Å². The van der Waals surface area contributed by atoms with Crippen molar-refractivity contribution in [2.45, 2.75) is 12.8 Å². The SMILES string of the molecule is COC(=O)c1ccc(NC(=O)C2CC=CCC2C(=O)O)cc1. The second-order valence-electron chi connectivity index (χ2n) is 5.05. The maximum atomic E-state index is 12.3. The topological polar surface area (TPSA) is 92.7 Å². The number of rotatable bonds is 4. The maximum Gasteiger partial charge on any atom is 0.337 e. The van der Waals surface area contributed by atoms with Gasteiger partial charge in [-0.15, -0.1) is 0 Å². The molecular formula is C16H17NO5. The first-order chi connectivity index (χ1) is 10.5. The molecule has 0 bridgehead atoms. The second-order valence-corrected chi connectivity index (χ2v) is 5.05. The van der Waals surface area contributed by atoms with Crippen molar-refractivity contribution in [2.24, 2.45) is 11.8 Å². The summed E-state index contributed by atoms with van der Waals surface area (Å²) in [5.74, 6) is -3.06. The molecule has 0 aliphatic heterocycles. The van der Waals surface area contributed by atoms with Gasteiger partial charge in [-0.3, -0.25) is 9.59 Å². The molecule has 2 rings (SSSR count). The molecule has 2 unspecified atom stereocenters. The molecule has 1 amide bonds. The van der Waals surface area contributed by atoms with Crippen LogP contribution in [-0.4, -0.2) is 30.1 Å². The number of nitrogens with one attached hydrogen (secondary N) is 1. The second kappa shape index (κ2) is 6.89. The van der Waals surface area contributed by atoms with Crippen molar-refractivity contribution in [1.29, 1.82) is 0 Å². The zero-order valence-electron chi connectivity index (χ0n) is 12.1. The number of allylic oxidation sites excluding steroid dienone is 2. The lowest BCUT2D eigenvalue weighted by Gasteiger charge is -2.24. The Balaban J connectivity index is 2.06. The van der Waals surface area contributed by atoms with E-state index >= 15 is 0 Å². The number of carbonyl (C=O) groups is 3. The smallest absolute Gasteiger partial charge is 0.337 e. The Morgan fingerprint density at radius 3 is 2.23 bits per heavy atom. The molecular weight excluding hydrogens is 286 g/mol. The van der Waals surface area contributed by atoms with Gasteiger partial charge in [-0.25, -0.2) is 4.79 Å². The van der Waals surface area contributed by atoms with Crippen molar-refractivity contribution in [3.63, 3.8) is 0 Å². The quantitative estimate of drug-likeness (QED) is 0.656. The fourth-order valence-corrected chi connectivity index (χ4v) is 2.42. The van der Waals surface area contributed by atoms with E-state index in [-0.39, 0.29) is 5.91 Å². The van der Waals surface area contributed by atoms with Crippen LogP contribution in [0.1, 0.15) is 23.2 Å². The summed E-state index contributed by atoms with van der Waals surface area (Å²) in [6.07, 6.45) is 4.37. The number of esters is 1. The first-order valence-corrected chi connectivity index (χ1v) is 6.90. The van der Waals surface area contributed by atoms with Crippen LogP contribution < -0.4 is 5.32 Å². The lowest BCUT2D eigenvalue weighted by molar-refractivity contribution is -0.146. The minimum atomic E-state index is -0.967. The summed E-state index contributed by atoms with van der Waals surface area (Å²) < 4.78 is 4.59. The van der Waals surface area contributed by atoms with Crippen LogP contribution >= 0.6 is 0 Å². The number of ether oxygens (including phenoxy) is 1. The molecule has 116 valence electrons. The maximum absolute atomic E-state index is 12.3. The molecule has 2 atom stereocenters. The fourth-order valence-electron chi connectivity index (χ4n) is 2.42. The van der Waals surface area contributed by atoms with Crippen molar-refractivity contribution < 1.29 is 24.2 Å². The molecule has 6 heteroatoms. The predicted molar refractivity (Wildman–Crippen MR) is 79.4 cm³/mol. The molecule has 0 saturated carbocycles. The number of hydrogen-bond acceptors (Lipinski definition) is 4. The monoisotopic (exact) mass is 303 g/mol. The molecule has 1 aromatic rings. The van der Waals surface area contributed by atoms with E-state index in [0.717, 1.165) is 0 Å². The van der Waals surface area contributed by atoms with Crippen LogP contribution in [0, 0.1) is 11.8 Å². The van der Waals surface area contributed by atoms with E-state index in [0.29, 0.717) is 24.1 Å². The minimum Gasteiger partial charge on any atom is -0.481 e. The highest BCUT2D eigenvalue weighted by Crippen LogP contribution is 2.27. The molecule has 0 saturated heterocycles. The van der Waals surface area contributed by atoms with Crippen molar-refractivity contribution in [3.8, 4) is 0 Å². The van der Waals surface area contributed by atoms with Crippen molar-refractivity contribution in [2.75, 3.05) is 12.4 Å². The van der Waals surface area contributed by atoms with Crippen LogP contribution in [0.2, 0.25) is 0 Å². The summed E-state index contributed by atoms with van der Waals surface area (Å²) in [5.41, 5.74) is 0.890. The first-order valence-electron chi connectivity index (χ1n) is 6.90. The van der Waals surface area contributed by atoms with Gasteiger partial charge in [0.25, 0.3) is 0 Å². The number of anilines is 1. The third kappa shape index (κ3) is 3.52. The van der Waals surface area contributed by atoms with Gasteiger partial charge in [-0.2, -0.15) is 0 Å². The van der Waals surface area contributed by atoms with Gasteiger partial charge in [0.2, 0.25) is 5.91 Å². The number of carboxylic acid groups (broad SMARTS) is 1. The largest absolute Gasteiger partial charge is 0.481 e. The van der Waals surface area contributed by atoms with Crippen LogP contribution in [0.25, 0.3) is 0 Å². The van der Waals surface area contributed by atoms with Crippen LogP contribution in [0.5, 0.6) is 0 Å². The molecule has 0 heterocycles. The summed E-state index contributed by atoms with van der Waals surface area (Å²) >= 11 is 0. The molecule has 1 aromatic carbocycles. The van der Waals surface area contributed by atoms with Gasteiger partial charge < -0.3 is 15.2 Å². The van der Waals surface area contributed by atoms with E-state index in [4.69, 9.17) is 0 Å². The van der Waals surface area contributed by atoms with Crippen LogP contribution in [0.15, 0.2) is 36.4 Å². The molecule has 22 heavy (non-hydrogen) atoms. The molecule has 0 fully saturated rings. The fraction of sp³-hybridized carbons (Fsp3) is 0.312. The zero-order chi connectivity index (χ0) is 16.1. The van der Waals surface area contributed by atoms with Gasteiger partial charge in [0.05, 0.1) is 24.5 Å². The van der Waals surface area contributed by atoms with E-state index < -0.39 is 23.8 Å². The molecule has 6 nitrogen and oxygen atoms in total. The third-order valence-electron chi connectivity index (χ3n) is 3.66.